The number of anilines is 1. The second-order valence-corrected chi connectivity index (χ2v) is 6.67. The Kier molecular flexibility index (Phi) is 3.77. The molecule has 0 aliphatic heterocycles. The molecule has 0 saturated carbocycles. The van der Waals surface area contributed by atoms with Crippen molar-refractivity contribution in [1.29, 1.82) is 0 Å². The Morgan fingerprint density at radius 3 is 2.72 bits per heavy atom. The van der Waals surface area contributed by atoms with E-state index in [1.807, 2.05) is 56.3 Å². The summed E-state index contributed by atoms with van der Waals surface area (Å²) in [4.78, 5) is 13.3. The molecule has 0 radical (unpaired) electrons. The minimum absolute atomic E-state index is 0.143. The molecule has 1 amide bonds. The summed E-state index contributed by atoms with van der Waals surface area (Å²) in [6.07, 6.45) is 0. The van der Waals surface area contributed by atoms with Crippen LogP contribution in [-0.2, 0) is 0 Å². The molecule has 25 heavy (non-hydrogen) atoms. The third kappa shape index (κ3) is 2.89. The number of carbonyl (C=O) groups is 1. The Labute approximate surface area is 148 Å². The van der Waals surface area contributed by atoms with Gasteiger partial charge in [-0.2, -0.15) is 9.61 Å². The highest BCUT2D eigenvalue weighted by Crippen LogP contribution is 2.31. The number of aromatic nitrogens is 4. The van der Waals surface area contributed by atoms with Crippen molar-refractivity contribution in [2.45, 2.75) is 13.8 Å². The van der Waals surface area contributed by atoms with Crippen molar-refractivity contribution in [3.8, 4) is 10.6 Å². The van der Waals surface area contributed by atoms with Gasteiger partial charge in [0.2, 0.25) is 4.96 Å². The smallest absolute Gasteiger partial charge is 0.255 e. The van der Waals surface area contributed by atoms with E-state index in [2.05, 4.69) is 20.6 Å². The van der Waals surface area contributed by atoms with E-state index < -0.39 is 0 Å². The molecule has 0 aliphatic rings. The molecule has 4 aromatic rings. The van der Waals surface area contributed by atoms with E-state index in [9.17, 15) is 4.79 Å². The zero-order chi connectivity index (χ0) is 17.4. The van der Waals surface area contributed by atoms with Crippen molar-refractivity contribution in [2.75, 3.05) is 5.32 Å². The van der Waals surface area contributed by atoms with Crippen molar-refractivity contribution in [3.63, 3.8) is 0 Å². The average Bonchev–Trinajstić information content (AvgIpc) is 3.18. The maximum atomic E-state index is 12.6. The lowest BCUT2D eigenvalue weighted by Crippen LogP contribution is -2.12. The number of fused-ring (bicyclic) bond motifs is 1. The lowest BCUT2D eigenvalue weighted by Gasteiger charge is -2.09. The van der Waals surface area contributed by atoms with Gasteiger partial charge in [0, 0.05) is 11.1 Å². The summed E-state index contributed by atoms with van der Waals surface area (Å²) in [6.45, 7) is 3.82. The highest BCUT2D eigenvalue weighted by atomic mass is 32.1. The second-order valence-electron chi connectivity index (χ2n) is 5.72. The van der Waals surface area contributed by atoms with Crippen LogP contribution in [0.5, 0.6) is 0 Å². The van der Waals surface area contributed by atoms with Crippen LogP contribution in [0.3, 0.4) is 0 Å². The maximum Gasteiger partial charge on any atom is 0.255 e. The third-order valence-corrected chi connectivity index (χ3v) is 4.76. The number of hydrogen-bond acceptors (Lipinski definition) is 5. The molecular weight excluding hydrogens is 334 g/mol. The first kappa shape index (κ1) is 15.5. The molecule has 6 nitrogen and oxygen atoms in total. The lowest BCUT2D eigenvalue weighted by atomic mass is 10.1. The molecule has 2 aromatic heterocycles. The molecule has 2 heterocycles. The first-order valence-corrected chi connectivity index (χ1v) is 8.60. The Morgan fingerprint density at radius 1 is 1.08 bits per heavy atom. The van der Waals surface area contributed by atoms with Gasteiger partial charge in [0.1, 0.15) is 5.01 Å². The number of nitrogens with one attached hydrogen (secondary N) is 1. The maximum absolute atomic E-state index is 12.6. The summed E-state index contributed by atoms with van der Waals surface area (Å²) in [7, 11) is 0. The fraction of sp³-hybridized carbons (Fsp3) is 0.111. The number of nitrogens with zero attached hydrogens (tertiary/aromatic N) is 4. The van der Waals surface area contributed by atoms with E-state index in [0.717, 1.165) is 32.6 Å². The predicted molar refractivity (Wildman–Crippen MR) is 98.0 cm³/mol. The van der Waals surface area contributed by atoms with Crippen LogP contribution in [0.4, 0.5) is 5.69 Å². The molecule has 124 valence electrons. The fourth-order valence-corrected chi connectivity index (χ4v) is 3.51. The van der Waals surface area contributed by atoms with Crippen LogP contribution in [0.1, 0.15) is 21.7 Å². The summed E-state index contributed by atoms with van der Waals surface area (Å²) < 4.78 is 1.71. The van der Waals surface area contributed by atoms with Crippen LogP contribution < -0.4 is 5.32 Å². The molecule has 0 aliphatic carbocycles. The molecule has 0 bridgehead atoms. The lowest BCUT2D eigenvalue weighted by molar-refractivity contribution is 0.102. The van der Waals surface area contributed by atoms with E-state index in [-0.39, 0.29) is 5.91 Å². The minimum Gasteiger partial charge on any atom is -0.321 e. The van der Waals surface area contributed by atoms with Gasteiger partial charge in [0.15, 0.2) is 5.82 Å². The zero-order valence-electron chi connectivity index (χ0n) is 13.7. The molecule has 0 unspecified atom stereocenters. The first-order valence-electron chi connectivity index (χ1n) is 7.78. The summed E-state index contributed by atoms with van der Waals surface area (Å²) in [5.41, 5.74) is 3.25. The van der Waals surface area contributed by atoms with Crippen molar-refractivity contribution in [3.05, 3.63) is 65.5 Å². The van der Waals surface area contributed by atoms with Crippen LogP contribution >= 0.6 is 11.3 Å². The van der Waals surface area contributed by atoms with Gasteiger partial charge in [0.05, 0.1) is 5.69 Å². The Hall–Kier alpha value is -3.06. The number of amides is 1. The molecule has 4 rings (SSSR count). The van der Waals surface area contributed by atoms with Crippen LogP contribution in [-0.4, -0.2) is 25.7 Å². The number of hydrogen-bond donors (Lipinski definition) is 1. The number of carbonyl (C=O) groups excluding carboxylic acids is 1. The number of benzene rings is 2. The van der Waals surface area contributed by atoms with Crippen molar-refractivity contribution >= 4 is 27.9 Å². The van der Waals surface area contributed by atoms with Crippen molar-refractivity contribution in [2.24, 2.45) is 0 Å². The van der Waals surface area contributed by atoms with Crippen molar-refractivity contribution < 1.29 is 4.79 Å². The zero-order valence-corrected chi connectivity index (χ0v) is 14.5. The Balaban J connectivity index is 1.70. The molecule has 0 spiro atoms. The van der Waals surface area contributed by atoms with Crippen LogP contribution in [0.15, 0.2) is 48.5 Å². The Bertz CT molecular complexity index is 1080. The number of para-hydroxylation sites is 1. The topological polar surface area (TPSA) is 72.2 Å². The second kappa shape index (κ2) is 6.10. The van der Waals surface area contributed by atoms with Crippen LogP contribution in [0.2, 0.25) is 0 Å². The van der Waals surface area contributed by atoms with Gasteiger partial charge in [0.25, 0.3) is 5.91 Å². The summed E-state index contributed by atoms with van der Waals surface area (Å²) in [6, 6.07) is 15.1. The number of rotatable bonds is 3. The molecule has 0 saturated heterocycles. The molecular formula is C18H15N5OS. The first-order chi connectivity index (χ1) is 12.1. The van der Waals surface area contributed by atoms with Gasteiger partial charge < -0.3 is 5.32 Å². The SMILES string of the molecule is Cc1cccc(C(=O)Nc2ccccc2-c2nn3c(C)nnc3s2)c1. The monoisotopic (exact) mass is 349 g/mol. The van der Waals surface area contributed by atoms with E-state index in [0.29, 0.717) is 5.56 Å². The van der Waals surface area contributed by atoms with Crippen LogP contribution in [0.25, 0.3) is 15.5 Å². The highest BCUT2D eigenvalue weighted by molar-refractivity contribution is 7.19. The van der Waals surface area contributed by atoms with E-state index in [1.54, 1.807) is 10.6 Å². The van der Waals surface area contributed by atoms with Gasteiger partial charge in [-0.1, -0.05) is 41.2 Å². The van der Waals surface area contributed by atoms with Gasteiger partial charge >= 0.3 is 0 Å². The van der Waals surface area contributed by atoms with Crippen molar-refractivity contribution in [1.82, 2.24) is 19.8 Å². The third-order valence-electron chi connectivity index (χ3n) is 3.83. The quantitative estimate of drug-likeness (QED) is 0.612. The number of aryl methyl sites for hydroxylation is 2. The largest absolute Gasteiger partial charge is 0.321 e. The van der Waals surface area contributed by atoms with Crippen LogP contribution in [0, 0.1) is 13.8 Å². The summed E-state index contributed by atoms with van der Waals surface area (Å²) in [5, 5.41) is 16.4. The van der Waals surface area contributed by atoms with E-state index >= 15 is 0 Å². The minimum atomic E-state index is -0.143. The molecule has 1 N–H and O–H groups in total. The summed E-state index contributed by atoms with van der Waals surface area (Å²) in [5.74, 6) is 0.592. The standard InChI is InChI=1S/C18H15N5OS/c1-11-6-5-7-13(10-11)16(24)19-15-9-4-3-8-14(15)17-22-23-12(2)20-21-18(23)25-17/h3-10H,1-2H3,(H,19,24). The molecule has 0 atom stereocenters. The van der Waals surface area contributed by atoms with Gasteiger partial charge in [-0.15, -0.1) is 10.2 Å². The molecule has 7 heteroatoms. The van der Waals surface area contributed by atoms with E-state index in [4.69, 9.17) is 0 Å². The highest BCUT2D eigenvalue weighted by Gasteiger charge is 2.15. The molecule has 0 fully saturated rings. The molecule has 2 aromatic carbocycles. The normalized spacial score (nSPS) is 11.0. The average molecular weight is 349 g/mol. The fourth-order valence-electron chi connectivity index (χ4n) is 2.58. The van der Waals surface area contributed by atoms with E-state index in [1.165, 1.54) is 11.3 Å². The summed E-state index contributed by atoms with van der Waals surface area (Å²) >= 11 is 1.44. The van der Waals surface area contributed by atoms with Gasteiger partial charge in [-0.25, -0.2) is 0 Å². The van der Waals surface area contributed by atoms with Gasteiger partial charge in [-0.05, 0) is 38.1 Å². The Morgan fingerprint density at radius 2 is 1.92 bits per heavy atom. The predicted octanol–water partition coefficient (Wildman–Crippen LogP) is 3.72. The van der Waals surface area contributed by atoms with Gasteiger partial charge in [-0.3, -0.25) is 4.79 Å².